The van der Waals surface area contributed by atoms with Crippen molar-refractivity contribution >= 4 is 45.2 Å². The number of hydrogen-bond donors (Lipinski definition) is 2. The molecule has 2 amide bonds. The van der Waals surface area contributed by atoms with Gasteiger partial charge < -0.3 is 15.4 Å². The lowest BCUT2D eigenvalue weighted by atomic mass is 10.0. The van der Waals surface area contributed by atoms with Crippen molar-refractivity contribution in [1.29, 1.82) is 0 Å². The van der Waals surface area contributed by atoms with Crippen LogP contribution in [-0.2, 0) is 9.59 Å². The number of fused-ring (bicyclic) bond motifs is 2. The lowest BCUT2D eigenvalue weighted by molar-refractivity contribution is -0.124. The molecule has 0 radical (unpaired) electrons. The zero-order valence-electron chi connectivity index (χ0n) is 13.8. The Labute approximate surface area is 164 Å². The summed E-state index contributed by atoms with van der Waals surface area (Å²) in [6.45, 7) is 0.561. The average molecular weight is 433 g/mol. The zero-order chi connectivity index (χ0) is 18.1. The first-order valence-electron chi connectivity index (χ1n) is 8.38. The summed E-state index contributed by atoms with van der Waals surface area (Å²) in [5.41, 5.74) is 1.77. The third-order valence-electron chi connectivity index (χ3n) is 4.42. The lowest BCUT2D eigenvalue weighted by Gasteiger charge is -2.28. The smallest absolute Gasteiger partial charge is 0.238 e. The molecule has 2 heterocycles. The number of carbonyl (C=O) groups excluding carboxylic acids is 2. The molecule has 0 aliphatic carbocycles. The molecule has 4 rings (SSSR count). The highest BCUT2D eigenvalue weighted by molar-refractivity contribution is 9.10. The van der Waals surface area contributed by atoms with E-state index in [4.69, 9.17) is 4.74 Å². The number of benzene rings is 2. The minimum absolute atomic E-state index is 0.104. The first-order valence-corrected chi connectivity index (χ1v) is 10.1. The van der Waals surface area contributed by atoms with Gasteiger partial charge in [0, 0.05) is 27.8 Å². The predicted octanol–water partition coefficient (Wildman–Crippen LogP) is 3.89. The Kier molecular flexibility index (Phi) is 4.91. The van der Waals surface area contributed by atoms with Crippen LogP contribution >= 0.6 is 27.7 Å². The van der Waals surface area contributed by atoms with E-state index in [0.29, 0.717) is 13.0 Å². The monoisotopic (exact) mass is 432 g/mol. The van der Waals surface area contributed by atoms with Crippen molar-refractivity contribution in [2.45, 2.75) is 29.0 Å². The summed E-state index contributed by atoms with van der Waals surface area (Å²) in [7, 11) is 0. The molecule has 5 nitrogen and oxygen atoms in total. The molecule has 2 atom stereocenters. The minimum atomic E-state index is -0.424. The van der Waals surface area contributed by atoms with Crippen molar-refractivity contribution in [3.63, 3.8) is 0 Å². The lowest BCUT2D eigenvalue weighted by Crippen LogP contribution is -2.37. The molecular formula is C19H17BrN2O3S. The molecule has 7 heteroatoms. The summed E-state index contributed by atoms with van der Waals surface area (Å²) in [5.74, 6) is 0.539. The number of para-hydroxylation sites is 1. The molecule has 0 saturated carbocycles. The molecule has 134 valence electrons. The molecule has 2 aromatic rings. The van der Waals surface area contributed by atoms with Gasteiger partial charge in [-0.1, -0.05) is 28.1 Å². The van der Waals surface area contributed by atoms with Crippen LogP contribution in [0.3, 0.4) is 0 Å². The molecule has 26 heavy (non-hydrogen) atoms. The van der Waals surface area contributed by atoms with Crippen LogP contribution < -0.4 is 15.4 Å². The molecule has 2 unspecified atom stereocenters. The third-order valence-corrected chi connectivity index (χ3v) is 6.19. The van der Waals surface area contributed by atoms with E-state index in [1.165, 1.54) is 11.8 Å². The number of rotatable bonds is 3. The highest BCUT2D eigenvalue weighted by Gasteiger charge is 2.30. The summed E-state index contributed by atoms with van der Waals surface area (Å²) in [6.07, 6.45) is 0.855. The number of thioether (sulfide) groups is 1. The average Bonchev–Trinajstić information content (AvgIpc) is 2.63. The van der Waals surface area contributed by atoms with Gasteiger partial charge in [-0.3, -0.25) is 9.59 Å². The molecule has 0 fully saturated rings. The largest absolute Gasteiger partial charge is 0.493 e. The molecule has 0 saturated heterocycles. The van der Waals surface area contributed by atoms with Gasteiger partial charge in [0.05, 0.1) is 23.6 Å². The van der Waals surface area contributed by atoms with Crippen LogP contribution in [0.2, 0.25) is 0 Å². The Morgan fingerprint density at radius 3 is 3.04 bits per heavy atom. The van der Waals surface area contributed by atoms with Crippen LogP contribution in [0, 0.1) is 0 Å². The van der Waals surface area contributed by atoms with Gasteiger partial charge in [-0.05, 0) is 30.3 Å². The van der Waals surface area contributed by atoms with Crippen molar-refractivity contribution < 1.29 is 14.3 Å². The van der Waals surface area contributed by atoms with E-state index in [1.807, 2.05) is 42.5 Å². The van der Waals surface area contributed by atoms with E-state index in [0.717, 1.165) is 26.4 Å². The van der Waals surface area contributed by atoms with E-state index in [1.54, 1.807) is 0 Å². The Bertz CT molecular complexity index is 874. The number of nitrogens with one attached hydrogen (secondary N) is 2. The molecular weight excluding hydrogens is 416 g/mol. The highest BCUT2D eigenvalue weighted by Crippen LogP contribution is 2.37. The van der Waals surface area contributed by atoms with Gasteiger partial charge in [0.1, 0.15) is 5.75 Å². The molecule has 2 aromatic carbocycles. The number of ether oxygens (including phenoxy) is 1. The van der Waals surface area contributed by atoms with Crippen molar-refractivity contribution in [3.8, 4) is 5.75 Å². The van der Waals surface area contributed by atoms with E-state index >= 15 is 0 Å². The Morgan fingerprint density at radius 2 is 2.15 bits per heavy atom. The van der Waals surface area contributed by atoms with E-state index < -0.39 is 5.25 Å². The van der Waals surface area contributed by atoms with Crippen molar-refractivity contribution in [3.05, 3.63) is 52.5 Å². The summed E-state index contributed by atoms with van der Waals surface area (Å²) in [4.78, 5) is 25.9. The number of carbonyl (C=O) groups is 2. The first kappa shape index (κ1) is 17.4. The summed E-state index contributed by atoms with van der Waals surface area (Å²) in [5, 5.41) is 5.51. The Hall–Kier alpha value is -1.99. The molecule has 0 aromatic heterocycles. The molecule has 0 bridgehead atoms. The fourth-order valence-corrected chi connectivity index (χ4v) is 4.65. The van der Waals surface area contributed by atoms with Crippen LogP contribution in [0.25, 0.3) is 0 Å². The van der Waals surface area contributed by atoms with Gasteiger partial charge in [0.15, 0.2) is 0 Å². The van der Waals surface area contributed by atoms with Gasteiger partial charge >= 0.3 is 0 Å². The third kappa shape index (κ3) is 3.59. The number of amides is 2. The van der Waals surface area contributed by atoms with Crippen LogP contribution in [0.5, 0.6) is 5.75 Å². The Morgan fingerprint density at radius 1 is 1.31 bits per heavy atom. The van der Waals surface area contributed by atoms with Gasteiger partial charge in [0.2, 0.25) is 11.8 Å². The topological polar surface area (TPSA) is 67.4 Å². The second-order valence-electron chi connectivity index (χ2n) is 6.24. The van der Waals surface area contributed by atoms with Crippen molar-refractivity contribution in [2.75, 3.05) is 11.9 Å². The maximum Gasteiger partial charge on any atom is 0.238 e. The molecule has 0 spiro atoms. The minimum Gasteiger partial charge on any atom is -0.493 e. The zero-order valence-corrected chi connectivity index (χ0v) is 16.2. The molecule has 2 aliphatic rings. The van der Waals surface area contributed by atoms with Crippen LogP contribution in [0.4, 0.5) is 5.69 Å². The van der Waals surface area contributed by atoms with Crippen molar-refractivity contribution in [1.82, 2.24) is 5.32 Å². The van der Waals surface area contributed by atoms with E-state index in [9.17, 15) is 9.59 Å². The first-order chi connectivity index (χ1) is 12.6. The number of hydrogen-bond acceptors (Lipinski definition) is 4. The van der Waals surface area contributed by atoms with Gasteiger partial charge in [-0.2, -0.15) is 0 Å². The fraction of sp³-hybridized carbons (Fsp3) is 0.263. The normalized spacial score (nSPS) is 21.0. The van der Waals surface area contributed by atoms with Gasteiger partial charge in [-0.15, -0.1) is 11.8 Å². The summed E-state index contributed by atoms with van der Waals surface area (Å²) >= 11 is 4.90. The standard InChI is InChI=1S/C19H17BrN2O3S/c20-11-5-6-15-12(9-11)13(7-8-25-15)21-18(23)10-17-19(24)22-14-3-1-2-4-16(14)26-17/h1-6,9,13,17H,7-8,10H2,(H,21,23)(H,22,24). The summed E-state index contributed by atoms with van der Waals surface area (Å²) in [6, 6.07) is 13.3. The van der Waals surface area contributed by atoms with Gasteiger partial charge in [-0.25, -0.2) is 0 Å². The highest BCUT2D eigenvalue weighted by atomic mass is 79.9. The second-order valence-corrected chi connectivity index (χ2v) is 8.40. The SMILES string of the molecule is O=C(CC1Sc2ccccc2NC1=O)NC1CCOc2ccc(Br)cc21. The van der Waals surface area contributed by atoms with Gasteiger partial charge in [0.25, 0.3) is 0 Å². The maximum atomic E-state index is 12.6. The second kappa shape index (κ2) is 7.32. The summed E-state index contributed by atoms with van der Waals surface area (Å²) < 4.78 is 6.60. The van der Waals surface area contributed by atoms with E-state index in [2.05, 4.69) is 26.6 Å². The van der Waals surface area contributed by atoms with Crippen molar-refractivity contribution in [2.24, 2.45) is 0 Å². The molecule has 2 N–H and O–H groups in total. The maximum absolute atomic E-state index is 12.6. The number of anilines is 1. The van der Waals surface area contributed by atoms with Crippen LogP contribution in [-0.4, -0.2) is 23.7 Å². The van der Waals surface area contributed by atoms with Crippen LogP contribution in [0.15, 0.2) is 51.8 Å². The van der Waals surface area contributed by atoms with E-state index in [-0.39, 0.29) is 24.3 Å². The quantitative estimate of drug-likeness (QED) is 0.771. The fourth-order valence-electron chi connectivity index (χ4n) is 3.16. The number of halogens is 1. The Balaban J connectivity index is 1.44. The molecule has 2 aliphatic heterocycles. The van der Waals surface area contributed by atoms with Crippen LogP contribution in [0.1, 0.15) is 24.4 Å². The predicted molar refractivity (Wildman–Crippen MR) is 104 cm³/mol.